The Balaban J connectivity index is 1.65. The summed E-state index contributed by atoms with van der Waals surface area (Å²) in [4.78, 5) is 37.0. The molecule has 29 heavy (non-hydrogen) atoms. The Bertz CT molecular complexity index is 1290. The zero-order valence-corrected chi connectivity index (χ0v) is 15.7. The predicted molar refractivity (Wildman–Crippen MR) is 109 cm³/mol. The summed E-state index contributed by atoms with van der Waals surface area (Å²) >= 11 is 5.87. The molecule has 0 spiro atoms. The highest BCUT2D eigenvalue weighted by molar-refractivity contribution is 6.30. The molecule has 0 radical (unpaired) electrons. The fourth-order valence-electron chi connectivity index (χ4n) is 2.88. The number of ether oxygens (including phenoxy) is 1. The molecule has 0 bridgehead atoms. The van der Waals surface area contributed by atoms with Crippen molar-refractivity contribution in [1.29, 1.82) is 0 Å². The number of rotatable bonds is 4. The maximum Gasteiger partial charge on any atom is 0.344 e. The van der Waals surface area contributed by atoms with E-state index in [2.05, 4.69) is 0 Å². The molecule has 0 saturated heterocycles. The van der Waals surface area contributed by atoms with Crippen molar-refractivity contribution in [2.24, 2.45) is 0 Å². The second kappa shape index (κ2) is 7.73. The van der Waals surface area contributed by atoms with Crippen LogP contribution in [-0.2, 0) is 0 Å². The average molecular weight is 405 g/mol. The SMILES string of the molecule is O=C(Oc1ccc2ccc(=O)oc2c1)c1ccccc1C(=O)c1ccc(Cl)cc1. The van der Waals surface area contributed by atoms with Gasteiger partial charge in [-0.3, -0.25) is 4.79 Å². The summed E-state index contributed by atoms with van der Waals surface area (Å²) in [5.41, 5.74) is 0.546. The van der Waals surface area contributed by atoms with Crippen molar-refractivity contribution >= 4 is 34.3 Å². The summed E-state index contributed by atoms with van der Waals surface area (Å²) in [7, 11) is 0. The van der Waals surface area contributed by atoms with Crippen molar-refractivity contribution < 1.29 is 18.7 Å². The lowest BCUT2D eigenvalue weighted by Gasteiger charge is -2.09. The fraction of sp³-hybridized carbons (Fsp3) is 0. The first-order chi connectivity index (χ1) is 14.0. The van der Waals surface area contributed by atoms with E-state index in [1.165, 1.54) is 18.2 Å². The Hall–Kier alpha value is -3.70. The Kier molecular flexibility index (Phi) is 4.97. The van der Waals surface area contributed by atoms with Crippen molar-refractivity contribution in [2.75, 3.05) is 0 Å². The monoisotopic (exact) mass is 404 g/mol. The minimum Gasteiger partial charge on any atom is -0.423 e. The van der Waals surface area contributed by atoms with Gasteiger partial charge in [-0.15, -0.1) is 0 Å². The van der Waals surface area contributed by atoms with Crippen LogP contribution in [0.1, 0.15) is 26.3 Å². The van der Waals surface area contributed by atoms with Gasteiger partial charge in [-0.25, -0.2) is 9.59 Å². The topological polar surface area (TPSA) is 73.6 Å². The van der Waals surface area contributed by atoms with Gasteiger partial charge in [-0.05, 0) is 48.5 Å². The zero-order chi connectivity index (χ0) is 20.4. The van der Waals surface area contributed by atoms with Crippen molar-refractivity contribution in [3.8, 4) is 5.75 Å². The van der Waals surface area contributed by atoms with Gasteiger partial charge >= 0.3 is 11.6 Å². The molecule has 1 aromatic heterocycles. The quantitative estimate of drug-likeness (QED) is 0.209. The van der Waals surface area contributed by atoms with Crippen molar-refractivity contribution in [2.45, 2.75) is 0 Å². The molecule has 5 nitrogen and oxygen atoms in total. The molecule has 4 aromatic rings. The minimum absolute atomic E-state index is 0.127. The van der Waals surface area contributed by atoms with Crippen LogP contribution in [0.4, 0.5) is 0 Å². The van der Waals surface area contributed by atoms with Gasteiger partial charge in [0.15, 0.2) is 5.78 Å². The Labute approximate surface area is 170 Å². The van der Waals surface area contributed by atoms with Crippen LogP contribution in [-0.4, -0.2) is 11.8 Å². The van der Waals surface area contributed by atoms with Crippen LogP contribution in [0.5, 0.6) is 5.75 Å². The first-order valence-corrected chi connectivity index (χ1v) is 9.04. The van der Waals surface area contributed by atoms with E-state index in [9.17, 15) is 14.4 Å². The molecule has 6 heteroatoms. The number of carbonyl (C=O) groups is 2. The second-order valence-electron chi connectivity index (χ2n) is 6.23. The highest BCUT2D eigenvalue weighted by Crippen LogP contribution is 2.22. The van der Waals surface area contributed by atoms with Gasteiger partial charge in [0.1, 0.15) is 11.3 Å². The van der Waals surface area contributed by atoms with Crippen molar-refractivity contribution in [3.63, 3.8) is 0 Å². The van der Waals surface area contributed by atoms with E-state index in [0.29, 0.717) is 21.6 Å². The summed E-state index contributed by atoms with van der Waals surface area (Å²) in [5, 5.41) is 1.21. The summed E-state index contributed by atoms with van der Waals surface area (Å²) in [5.74, 6) is -0.815. The van der Waals surface area contributed by atoms with E-state index >= 15 is 0 Å². The number of hydrogen-bond donors (Lipinski definition) is 0. The van der Waals surface area contributed by atoms with E-state index in [-0.39, 0.29) is 22.7 Å². The molecule has 142 valence electrons. The van der Waals surface area contributed by atoms with Crippen molar-refractivity contribution in [1.82, 2.24) is 0 Å². The van der Waals surface area contributed by atoms with Crippen molar-refractivity contribution in [3.05, 3.63) is 111 Å². The van der Waals surface area contributed by atoms with Crippen LogP contribution in [0.2, 0.25) is 5.02 Å². The molecule has 0 saturated carbocycles. The molecular formula is C23H13ClO5. The molecule has 0 unspecified atom stereocenters. The molecule has 4 rings (SSSR count). The molecule has 0 aliphatic rings. The van der Waals surface area contributed by atoms with Crippen LogP contribution in [0.25, 0.3) is 11.0 Å². The summed E-state index contributed by atoms with van der Waals surface area (Å²) < 4.78 is 10.5. The van der Waals surface area contributed by atoms with Gasteiger partial charge in [0.05, 0.1) is 5.56 Å². The molecule has 0 fully saturated rings. The van der Waals surface area contributed by atoms with Crippen LogP contribution in [0.3, 0.4) is 0 Å². The number of esters is 1. The second-order valence-corrected chi connectivity index (χ2v) is 6.66. The maximum atomic E-state index is 12.8. The molecule has 1 heterocycles. The lowest BCUT2D eigenvalue weighted by Crippen LogP contribution is -2.14. The third-order valence-electron chi connectivity index (χ3n) is 4.30. The largest absolute Gasteiger partial charge is 0.423 e. The number of halogens is 1. The van der Waals surface area contributed by atoms with Gasteiger partial charge in [0.25, 0.3) is 0 Å². The number of fused-ring (bicyclic) bond motifs is 1. The Morgan fingerprint density at radius 3 is 2.28 bits per heavy atom. The Morgan fingerprint density at radius 2 is 1.52 bits per heavy atom. The smallest absolute Gasteiger partial charge is 0.344 e. The summed E-state index contributed by atoms with van der Waals surface area (Å²) in [6.45, 7) is 0. The average Bonchev–Trinajstić information content (AvgIpc) is 2.73. The fourth-order valence-corrected chi connectivity index (χ4v) is 3.01. The third-order valence-corrected chi connectivity index (χ3v) is 4.56. The predicted octanol–water partition coefficient (Wildman–Crippen LogP) is 4.90. The summed E-state index contributed by atoms with van der Waals surface area (Å²) in [6, 6.07) is 20.5. The molecule has 0 amide bonds. The molecule has 0 aliphatic carbocycles. The zero-order valence-electron chi connectivity index (χ0n) is 14.9. The molecule has 0 N–H and O–H groups in total. The molecular weight excluding hydrogens is 392 g/mol. The first kappa shape index (κ1) is 18.7. The van der Waals surface area contributed by atoms with E-state index in [0.717, 1.165) is 0 Å². The maximum absolute atomic E-state index is 12.8. The standard InChI is InChI=1S/C23H13ClO5/c24-16-9-5-15(6-10-16)22(26)18-3-1-2-4-19(18)23(27)28-17-11-7-14-8-12-21(25)29-20(14)13-17/h1-13H. The minimum atomic E-state index is -0.694. The van der Waals surface area contributed by atoms with E-state index < -0.39 is 11.6 Å². The number of hydrogen-bond acceptors (Lipinski definition) is 5. The van der Waals surface area contributed by atoms with Gasteiger partial charge < -0.3 is 9.15 Å². The van der Waals surface area contributed by atoms with Gasteiger partial charge in [0, 0.05) is 33.7 Å². The molecule has 3 aromatic carbocycles. The number of ketones is 1. The van der Waals surface area contributed by atoms with Crippen LogP contribution in [0, 0.1) is 0 Å². The van der Waals surface area contributed by atoms with Crippen LogP contribution >= 0.6 is 11.6 Å². The van der Waals surface area contributed by atoms with E-state index in [4.69, 9.17) is 20.8 Å². The third kappa shape index (κ3) is 3.95. The van der Waals surface area contributed by atoms with E-state index in [1.54, 1.807) is 60.7 Å². The molecule has 0 atom stereocenters. The van der Waals surface area contributed by atoms with E-state index in [1.807, 2.05) is 0 Å². The Morgan fingerprint density at radius 1 is 0.828 bits per heavy atom. The van der Waals surface area contributed by atoms with Crippen LogP contribution < -0.4 is 10.4 Å². The first-order valence-electron chi connectivity index (χ1n) is 8.67. The van der Waals surface area contributed by atoms with Gasteiger partial charge in [-0.1, -0.05) is 29.8 Å². The lowest BCUT2D eigenvalue weighted by atomic mass is 9.98. The highest BCUT2D eigenvalue weighted by Gasteiger charge is 2.20. The lowest BCUT2D eigenvalue weighted by molar-refractivity contribution is 0.0730. The highest BCUT2D eigenvalue weighted by atomic mass is 35.5. The number of benzene rings is 3. The number of carbonyl (C=O) groups excluding carboxylic acids is 2. The summed E-state index contributed by atoms with van der Waals surface area (Å²) in [6.07, 6.45) is 0. The van der Waals surface area contributed by atoms with Gasteiger partial charge in [-0.2, -0.15) is 0 Å². The van der Waals surface area contributed by atoms with Crippen LogP contribution in [0.15, 0.2) is 88.1 Å². The van der Waals surface area contributed by atoms with Gasteiger partial charge in [0.2, 0.25) is 0 Å². The molecule has 0 aliphatic heterocycles. The normalized spacial score (nSPS) is 10.7.